The highest BCUT2D eigenvalue weighted by molar-refractivity contribution is 7.39. The summed E-state index contributed by atoms with van der Waals surface area (Å²) in [5.74, 6) is 0. The molecule has 0 N–H and O–H groups in total. The van der Waals surface area contributed by atoms with E-state index >= 15 is 0 Å². The average Bonchev–Trinajstić information content (AvgIpc) is 1.88. The predicted molar refractivity (Wildman–Crippen MR) is 49.9 cm³/mol. The lowest BCUT2D eigenvalue weighted by Crippen LogP contribution is -2.16. The molecule has 0 aliphatic rings. The molecule has 0 aromatic heterocycles. The van der Waals surface area contributed by atoms with Crippen LogP contribution in [0.1, 0.15) is 0 Å². The van der Waals surface area contributed by atoms with Crippen molar-refractivity contribution in [2.24, 2.45) is 0 Å². The van der Waals surface area contributed by atoms with Gasteiger partial charge in [-0.1, -0.05) is 23.7 Å². The van der Waals surface area contributed by atoms with Crippen molar-refractivity contribution in [1.82, 2.24) is 0 Å². The lowest BCUT2D eigenvalue weighted by molar-refractivity contribution is 1.77. The standard InChI is InChI=1S/C6H5Cl3Si/c7-5-2-1-3-6(4-5)10(8)9/h1-4,10H. The van der Waals surface area contributed by atoms with Crippen molar-refractivity contribution >= 4 is 46.4 Å². The van der Waals surface area contributed by atoms with Crippen LogP contribution in [0.3, 0.4) is 0 Å². The minimum Gasteiger partial charge on any atom is -0.144 e. The lowest BCUT2D eigenvalue weighted by atomic mass is 10.4. The van der Waals surface area contributed by atoms with Gasteiger partial charge in [0.1, 0.15) is 0 Å². The molecular weight excluding hydrogens is 207 g/mol. The van der Waals surface area contributed by atoms with E-state index in [-0.39, 0.29) is 0 Å². The predicted octanol–water partition coefficient (Wildman–Crippen LogP) is 2.25. The molecule has 1 aromatic carbocycles. The summed E-state index contributed by atoms with van der Waals surface area (Å²) in [6, 6.07) is 7.35. The zero-order chi connectivity index (χ0) is 7.56. The van der Waals surface area contributed by atoms with E-state index in [1.807, 2.05) is 12.1 Å². The van der Waals surface area contributed by atoms with E-state index in [0.717, 1.165) is 5.19 Å². The Morgan fingerprint density at radius 1 is 1.20 bits per heavy atom. The van der Waals surface area contributed by atoms with Gasteiger partial charge in [-0.15, -0.1) is 22.2 Å². The first kappa shape index (κ1) is 8.40. The Labute approximate surface area is 75.7 Å². The van der Waals surface area contributed by atoms with Crippen LogP contribution < -0.4 is 5.19 Å². The summed E-state index contributed by atoms with van der Waals surface area (Å²) in [7, 11) is -1.70. The number of hydrogen-bond acceptors (Lipinski definition) is 0. The first-order valence-corrected chi connectivity index (χ1v) is 7.18. The van der Waals surface area contributed by atoms with Crippen molar-refractivity contribution in [3.63, 3.8) is 0 Å². The summed E-state index contributed by atoms with van der Waals surface area (Å²) >= 11 is 17.1. The fraction of sp³-hybridized carbons (Fsp3) is 0. The van der Waals surface area contributed by atoms with Gasteiger partial charge in [-0.05, 0) is 17.3 Å². The molecule has 0 fully saturated rings. The highest BCUT2D eigenvalue weighted by atomic mass is 35.7. The zero-order valence-corrected chi connectivity index (χ0v) is 8.44. The molecule has 0 saturated carbocycles. The van der Waals surface area contributed by atoms with E-state index in [1.165, 1.54) is 0 Å². The van der Waals surface area contributed by atoms with Gasteiger partial charge in [-0.3, -0.25) is 0 Å². The number of benzene rings is 1. The molecule has 1 rings (SSSR count). The van der Waals surface area contributed by atoms with Crippen LogP contribution in [0.15, 0.2) is 24.3 Å². The van der Waals surface area contributed by atoms with Gasteiger partial charge in [0, 0.05) is 5.02 Å². The van der Waals surface area contributed by atoms with Crippen LogP contribution in [0, 0.1) is 0 Å². The van der Waals surface area contributed by atoms with Crippen molar-refractivity contribution in [2.75, 3.05) is 0 Å². The van der Waals surface area contributed by atoms with Crippen LogP contribution in [0.4, 0.5) is 0 Å². The van der Waals surface area contributed by atoms with Crippen molar-refractivity contribution in [3.8, 4) is 0 Å². The lowest BCUT2D eigenvalue weighted by Gasteiger charge is -1.97. The number of hydrogen-bond donors (Lipinski definition) is 0. The summed E-state index contributed by atoms with van der Waals surface area (Å²) in [4.78, 5) is 0. The molecule has 0 amide bonds. The Kier molecular flexibility index (Phi) is 3.05. The number of rotatable bonds is 1. The van der Waals surface area contributed by atoms with Gasteiger partial charge in [-0.25, -0.2) is 0 Å². The maximum absolute atomic E-state index is 5.72. The summed E-state index contributed by atoms with van der Waals surface area (Å²) in [5.41, 5.74) is 0. The molecule has 54 valence electrons. The highest BCUT2D eigenvalue weighted by Gasteiger charge is 2.04. The Bertz CT molecular complexity index is 224. The van der Waals surface area contributed by atoms with Gasteiger partial charge in [0.15, 0.2) is 0 Å². The molecule has 0 aliphatic carbocycles. The third-order valence-corrected chi connectivity index (χ3v) is 3.71. The molecule has 0 radical (unpaired) electrons. The second kappa shape index (κ2) is 3.63. The van der Waals surface area contributed by atoms with E-state index in [1.54, 1.807) is 12.1 Å². The molecule has 0 spiro atoms. The van der Waals surface area contributed by atoms with Crippen LogP contribution >= 0.6 is 33.8 Å². The monoisotopic (exact) mass is 210 g/mol. The van der Waals surface area contributed by atoms with Gasteiger partial charge < -0.3 is 0 Å². The summed E-state index contributed by atoms with van der Waals surface area (Å²) in [5, 5.41) is 1.66. The molecule has 0 bridgehead atoms. The van der Waals surface area contributed by atoms with Crippen molar-refractivity contribution in [1.29, 1.82) is 0 Å². The maximum atomic E-state index is 5.72. The van der Waals surface area contributed by atoms with Crippen molar-refractivity contribution in [3.05, 3.63) is 29.3 Å². The first-order chi connectivity index (χ1) is 4.70. The molecule has 0 nitrogen and oxygen atoms in total. The second-order valence-electron chi connectivity index (χ2n) is 1.86. The van der Waals surface area contributed by atoms with Gasteiger partial charge in [0.2, 0.25) is 0 Å². The molecule has 0 saturated heterocycles. The summed E-state index contributed by atoms with van der Waals surface area (Å²) < 4.78 is 0. The molecule has 4 heteroatoms. The fourth-order valence-electron chi connectivity index (χ4n) is 0.642. The van der Waals surface area contributed by atoms with Crippen molar-refractivity contribution < 1.29 is 0 Å². The third-order valence-electron chi connectivity index (χ3n) is 1.10. The second-order valence-corrected chi connectivity index (χ2v) is 6.85. The smallest absolute Gasteiger partial charge is 0.144 e. The Morgan fingerprint density at radius 3 is 2.30 bits per heavy atom. The molecule has 0 heterocycles. The van der Waals surface area contributed by atoms with E-state index < -0.39 is 7.42 Å². The molecule has 0 aliphatic heterocycles. The minimum atomic E-state index is -1.70. The molecule has 10 heavy (non-hydrogen) atoms. The van der Waals surface area contributed by atoms with E-state index in [9.17, 15) is 0 Å². The largest absolute Gasteiger partial charge is 0.266 e. The maximum Gasteiger partial charge on any atom is 0.266 e. The van der Waals surface area contributed by atoms with Crippen LogP contribution in [0.5, 0.6) is 0 Å². The Hall–Kier alpha value is 0.307. The quantitative estimate of drug-likeness (QED) is 0.494. The summed E-state index contributed by atoms with van der Waals surface area (Å²) in [6.07, 6.45) is 0. The van der Waals surface area contributed by atoms with Crippen LogP contribution in [0.25, 0.3) is 0 Å². The molecular formula is C6H5Cl3Si. The molecule has 0 atom stereocenters. The minimum absolute atomic E-state index is 0.691. The Balaban J connectivity index is 2.96. The Morgan fingerprint density at radius 2 is 1.90 bits per heavy atom. The van der Waals surface area contributed by atoms with Crippen LogP contribution in [-0.2, 0) is 0 Å². The third kappa shape index (κ3) is 2.17. The topological polar surface area (TPSA) is 0 Å². The van der Waals surface area contributed by atoms with Gasteiger partial charge >= 0.3 is 0 Å². The number of halogens is 3. The molecule has 0 unspecified atom stereocenters. The van der Waals surface area contributed by atoms with Crippen molar-refractivity contribution in [2.45, 2.75) is 0 Å². The van der Waals surface area contributed by atoms with E-state index in [4.69, 9.17) is 33.8 Å². The SMILES string of the molecule is Clc1cccc([SiH](Cl)Cl)c1. The van der Waals surface area contributed by atoms with Gasteiger partial charge in [0.05, 0.1) is 0 Å². The van der Waals surface area contributed by atoms with E-state index in [2.05, 4.69) is 0 Å². The normalized spacial score (nSPS) is 10.4. The van der Waals surface area contributed by atoms with Crippen LogP contribution in [0.2, 0.25) is 5.02 Å². The van der Waals surface area contributed by atoms with E-state index in [0.29, 0.717) is 5.02 Å². The first-order valence-electron chi connectivity index (χ1n) is 2.74. The average molecular weight is 212 g/mol. The van der Waals surface area contributed by atoms with Gasteiger partial charge in [-0.2, -0.15) is 0 Å². The zero-order valence-electron chi connectivity index (χ0n) is 5.02. The molecule has 1 aromatic rings. The highest BCUT2D eigenvalue weighted by Crippen LogP contribution is 2.06. The van der Waals surface area contributed by atoms with Crippen LogP contribution in [-0.4, -0.2) is 7.42 Å². The summed E-state index contributed by atoms with van der Waals surface area (Å²) in [6.45, 7) is 0. The van der Waals surface area contributed by atoms with Gasteiger partial charge in [0.25, 0.3) is 7.42 Å². The fourth-order valence-corrected chi connectivity index (χ4v) is 2.32.